The van der Waals surface area contributed by atoms with Crippen molar-refractivity contribution in [3.05, 3.63) is 18.2 Å². The number of carboxylic acid groups (broad SMARTS) is 1. The van der Waals surface area contributed by atoms with Gasteiger partial charge in [-0.2, -0.15) is 0 Å². The average Bonchev–Trinajstić information content (AvgIpc) is 3.76. The molecule has 0 bridgehead atoms. The Morgan fingerprint density at radius 2 is 1.93 bits per heavy atom. The number of anilines is 2. The maximum Gasteiger partial charge on any atom is 0.407 e. The summed E-state index contributed by atoms with van der Waals surface area (Å²) in [6.07, 6.45) is 1.36. The molecule has 1 aromatic rings. The molecule has 1 unspecified atom stereocenters. The zero-order chi connectivity index (χ0) is 30.8. The summed E-state index contributed by atoms with van der Waals surface area (Å²) >= 11 is 0. The van der Waals surface area contributed by atoms with Crippen LogP contribution in [0, 0.1) is 17.8 Å². The predicted molar refractivity (Wildman–Crippen MR) is 156 cm³/mol. The van der Waals surface area contributed by atoms with E-state index in [0.717, 1.165) is 12.8 Å². The number of nitrogens with zero attached hydrogens (tertiary/aromatic N) is 3. The molecular weight excluding hydrogens is 544 g/mol. The van der Waals surface area contributed by atoms with E-state index in [1.807, 2.05) is 13.8 Å². The van der Waals surface area contributed by atoms with Gasteiger partial charge in [-0.3, -0.25) is 14.4 Å². The average molecular weight is 589 g/mol. The molecule has 12 nitrogen and oxygen atoms in total. The largest absolute Gasteiger partial charge is 0.476 e. The number of aliphatic hydroxyl groups is 1. The Kier molecular flexibility index (Phi) is 9.67. The second kappa shape index (κ2) is 12.9. The molecule has 1 saturated heterocycles. The quantitative estimate of drug-likeness (QED) is 0.334. The van der Waals surface area contributed by atoms with Crippen molar-refractivity contribution in [3.63, 3.8) is 0 Å². The molecule has 232 valence electrons. The summed E-state index contributed by atoms with van der Waals surface area (Å²) in [6.45, 7) is 7.80. The molecule has 2 heterocycles. The van der Waals surface area contributed by atoms with Crippen molar-refractivity contribution in [1.29, 1.82) is 0 Å². The van der Waals surface area contributed by atoms with E-state index in [-0.39, 0.29) is 55.8 Å². The number of fused-ring (bicyclic) bond motifs is 1. The molecule has 2 fully saturated rings. The lowest BCUT2D eigenvalue weighted by Gasteiger charge is -2.40. The van der Waals surface area contributed by atoms with Crippen LogP contribution < -0.4 is 19.9 Å². The van der Waals surface area contributed by atoms with Gasteiger partial charge in [0.1, 0.15) is 5.75 Å². The van der Waals surface area contributed by atoms with Gasteiger partial charge in [-0.15, -0.1) is 0 Å². The number of carbonyl (C=O) groups excluding carboxylic acids is 3. The maximum atomic E-state index is 14.1. The molecule has 12 heteroatoms. The molecule has 3 N–H and O–H groups in total. The van der Waals surface area contributed by atoms with Gasteiger partial charge in [0.05, 0.1) is 24.1 Å². The second-order valence-electron chi connectivity index (χ2n) is 12.4. The van der Waals surface area contributed by atoms with Gasteiger partial charge in [0.25, 0.3) is 5.91 Å². The first-order valence-electron chi connectivity index (χ1n) is 14.7. The summed E-state index contributed by atoms with van der Waals surface area (Å²) < 4.78 is 11.2. The molecule has 4 amide bonds. The lowest BCUT2D eigenvalue weighted by molar-refractivity contribution is -0.132. The number of hydrogen-bond acceptors (Lipinski definition) is 7. The molecule has 0 spiro atoms. The molecule has 0 aromatic heterocycles. The molecule has 0 radical (unpaired) electrons. The normalized spacial score (nSPS) is 22.3. The highest BCUT2D eigenvalue weighted by Gasteiger charge is 2.44. The van der Waals surface area contributed by atoms with E-state index in [2.05, 4.69) is 5.32 Å². The van der Waals surface area contributed by atoms with Crippen LogP contribution in [-0.4, -0.2) is 96.6 Å². The molecular formula is C30H44N4O8. The minimum atomic E-state index is -1.16. The zero-order valence-corrected chi connectivity index (χ0v) is 25.2. The Balaban J connectivity index is 1.61. The first-order valence-corrected chi connectivity index (χ1v) is 14.7. The summed E-state index contributed by atoms with van der Waals surface area (Å²) in [5, 5.41) is 22.4. The highest BCUT2D eigenvalue weighted by Crippen LogP contribution is 2.43. The first-order chi connectivity index (χ1) is 19.9. The number of amides is 4. The Labute approximate surface area is 246 Å². The van der Waals surface area contributed by atoms with Gasteiger partial charge in [0.2, 0.25) is 11.8 Å². The minimum Gasteiger partial charge on any atom is -0.476 e. The number of methoxy groups -OCH3 is 1. The molecule has 2 aliphatic heterocycles. The highest BCUT2D eigenvalue weighted by atomic mass is 16.5. The van der Waals surface area contributed by atoms with Crippen molar-refractivity contribution in [2.24, 2.45) is 17.8 Å². The van der Waals surface area contributed by atoms with Crippen molar-refractivity contribution in [3.8, 4) is 5.75 Å². The third-order valence-corrected chi connectivity index (χ3v) is 8.27. The van der Waals surface area contributed by atoms with Crippen LogP contribution in [0.15, 0.2) is 18.2 Å². The SMILES string of the molecule is COCCCN1C(=O)C(C)(C)Oc2ccc(N(C(=O)[C@@H]3C[C@H](NC(=O)C(CO)C(C)C)CN(C(=O)O)C3)C3CC3)cc21. The van der Waals surface area contributed by atoms with Crippen LogP contribution in [0.25, 0.3) is 0 Å². The molecule has 3 atom stereocenters. The molecule has 1 aliphatic carbocycles. The summed E-state index contributed by atoms with van der Waals surface area (Å²) in [5.41, 5.74) is 0.151. The van der Waals surface area contributed by atoms with Crippen molar-refractivity contribution in [1.82, 2.24) is 10.2 Å². The van der Waals surface area contributed by atoms with Crippen molar-refractivity contribution < 1.29 is 38.9 Å². The zero-order valence-electron chi connectivity index (χ0n) is 25.2. The monoisotopic (exact) mass is 588 g/mol. The van der Waals surface area contributed by atoms with Gasteiger partial charge >= 0.3 is 6.09 Å². The summed E-state index contributed by atoms with van der Waals surface area (Å²) in [4.78, 5) is 56.9. The van der Waals surface area contributed by atoms with Crippen LogP contribution in [-0.2, 0) is 19.1 Å². The number of carbonyl (C=O) groups is 4. The first kappa shape index (κ1) is 31.6. The Morgan fingerprint density at radius 3 is 2.52 bits per heavy atom. The fraction of sp³-hybridized carbons (Fsp3) is 0.667. The molecule has 1 saturated carbocycles. The molecule has 4 rings (SSSR count). The van der Waals surface area contributed by atoms with Gasteiger partial charge in [0, 0.05) is 51.1 Å². The number of nitrogens with one attached hydrogen (secondary N) is 1. The number of aliphatic hydroxyl groups excluding tert-OH is 1. The Bertz CT molecular complexity index is 1180. The van der Waals surface area contributed by atoms with Crippen LogP contribution in [0.4, 0.5) is 16.2 Å². The lowest BCUT2D eigenvalue weighted by Crippen LogP contribution is -2.57. The molecule has 3 aliphatic rings. The highest BCUT2D eigenvalue weighted by molar-refractivity contribution is 6.04. The summed E-state index contributed by atoms with van der Waals surface area (Å²) in [7, 11) is 1.61. The van der Waals surface area contributed by atoms with Gasteiger partial charge in [-0.05, 0) is 63.6 Å². The van der Waals surface area contributed by atoms with Crippen LogP contribution in [0.2, 0.25) is 0 Å². The van der Waals surface area contributed by atoms with E-state index in [0.29, 0.717) is 36.7 Å². The standard InChI is InChI=1S/C30H44N4O8/c1-18(2)23(17-35)26(36)31-20-13-19(15-32(16-20)29(39)40)27(37)34(21-7-8-21)22-9-10-25-24(14-22)33(11-6-12-41-5)28(38)30(3,4)42-25/h9-10,14,18-21,23,35H,6-8,11-13,15-17H2,1-5H3,(H,31,36)(H,39,40)/t19-,20+,23?/m1/s1. The fourth-order valence-corrected chi connectivity index (χ4v) is 5.79. The number of likely N-dealkylation sites (tertiary alicyclic amines) is 1. The number of rotatable bonds is 11. The van der Waals surface area contributed by atoms with E-state index >= 15 is 0 Å². The summed E-state index contributed by atoms with van der Waals surface area (Å²) in [5.74, 6) is -1.62. The van der Waals surface area contributed by atoms with Crippen LogP contribution in [0.3, 0.4) is 0 Å². The minimum absolute atomic E-state index is 0.0151. The number of ether oxygens (including phenoxy) is 2. The summed E-state index contributed by atoms with van der Waals surface area (Å²) in [6, 6.07) is 4.77. The van der Waals surface area contributed by atoms with Crippen LogP contribution in [0.5, 0.6) is 5.75 Å². The van der Waals surface area contributed by atoms with E-state index < -0.39 is 29.6 Å². The Morgan fingerprint density at radius 1 is 1.21 bits per heavy atom. The van der Waals surface area contributed by atoms with Crippen LogP contribution >= 0.6 is 0 Å². The number of benzene rings is 1. The number of hydrogen-bond donors (Lipinski definition) is 3. The Hall–Kier alpha value is -3.38. The number of piperidine rings is 1. The van der Waals surface area contributed by atoms with Gasteiger partial charge < -0.3 is 39.7 Å². The lowest BCUT2D eigenvalue weighted by atomic mass is 9.91. The van der Waals surface area contributed by atoms with Gasteiger partial charge in [-0.25, -0.2) is 4.79 Å². The van der Waals surface area contributed by atoms with Crippen molar-refractivity contribution in [2.75, 3.05) is 49.8 Å². The third kappa shape index (κ3) is 6.81. The smallest absolute Gasteiger partial charge is 0.407 e. The van der Waals surface area contributed by atoms with Gasteiger partial charge in [-0.1, -0.05) is 13.8 Å². The third-order valence-electron chi connectivity index (χ3n) is 8.27. The van der Waals surface area contributed by atoms with Gasteiger partial charge in [0.15, 0.2) is 5.60 Å². The topological polar surface area (TPSA) is 149 Å². The second-order valence-corrected chi connectivity index (χ2v) is 12.4. The predicted octanol–water partition coefficient (Wildman–Crippen LogP) is 2.47. The van der Waals surface area contributed by atoms with Crippen LogP contribution in [0.1, 0.15) is 53.4 Å². The van der Waals surface area contributed by atoms with E-state index in [1.54, 1.807) is 49.0 Å². The van der Waals surface area contributed by atoms with E-state index in [1.165, 1.54) is 4.90 Å². The van der Waals surface area contributed by atoms with E-state index in [9.17, 15) is 29.4 Å². The molecule has 42 heavy (non-hydrogen) atoms. The maximum absolute atomic E-state index is 14.1. The fourth-order valence-electron chi connectivity index (χ4n) is 5.79. The van der Waals surface area contributed by atoms with Crippen molar-refractivity contribution in [2.45, 2.75) is 71.1 Å². The van der Waals surface area contributed by atoms with Crippen molar-refractivity contribution >= 4 is 35.2 Å². The van der Waals surface area contributed by atoms with E-state index in [4.69, 9.17) is 9.47 Å². The molecule has 1 aromatic carbocycles.